The van der Waals surface area contributed by atoms with E-state index in [1.807, 2.05) is 12.1 Å². The standard InChI is InChI=1S/C25H27FN4O3S/c1-18-22(17-27-30(18)24-9-5-4-8-23(24)26)25(31)28-12-14-29(15-13-28)34(32,33)21-11-10-19-6-2-3-7-20(19)16-21/h4-5,8-11,16-17H,2-3,6-7,12-15H2,1H3. The fourth-order valence-electron chi connectivity index (χ4n) is 4.81. The molecule has 1 fully saturated rings. The first kappa shape index (κ1) is 22.7. The molecule has 0 saturated carbocycles. The van der Waals surface area contributed by atoms with Crippen molar-refractivity contribution in [2.75, 3.05) is 26.2 Å². The minimum atomic E-state index is -3.62. The molecule has 0 unspecified atom stereocenters. The Labute approximate surface area is 198 Å². The van der Waals surface area contributed by atoms with Crippen molar-refractivity contribution in [3.8, 4) is 5.69 Å². The number of rotatable bonds is 4. The number of aryl methyl sites for hydroxylation is 2. The number of para-hydroxylation sites is 1. The van der Waals surface area contributed by atoms with E-state index in [4.69, 9.17) is 0 Å². The zero-order chi connectivity index (χ0) is 23.9. The first-order chi connectivity index (χ1) is 16.4. The molecule has 34 heavy (non-hydrogen) atoms. The van der Waals surface area contributed by atoms with Gasteiger partial charge in [0.2, 0.25) is 10.0 Å². The molecule has 0 atom stereocenters. The van der Waals surface area contributed by atoms with Gasteiger partial charge in [-0.15, -0.1) is 0 Å². The van der Waals surface area contributed by atoms with Gasteiger partial charge in [0.1, 0.15) is 11.5 Å². The molecular weight excluding hydrogens is 455 g/mol. The van der Waals surface area contributed by atoms with E-state index in [0.29, 0.717) is 16.2 Å². The number of halogens is 1. The summed E-state index contributed by atoms with van der Waals surface area (Å²) in [5.74, 6) is -0.653. The van der Waals surface area contributed by atoms with Crippen LogP contribution in [0, 0.1) is 12.7 Å². The second-order valence-electron chi connectivity index (χ2n) is 8.84. The zero-order valence-corrected chi connectivity index (χ0v) is 19.9. The first-order valence-electron chi connectivity index (χ1n) is 11.6. The van der Waals surface area contributed by atoms with Crippen molar-refractivity contribution in [1.29, 1.82) is 0 Å². The SMILES string of the molecule is Cc1c(C(=O)N2CCN(S(=O)(=O)c3ccc4c(c3)CCCC4)CC2)cnn1-c1ccccc1F. The Kier molecular flexibility index (Phi) is 5.99. The highest BCUT2D eigenvalue weighted by Crippen LogP contribution is 2.26. The van der Waals surface area contributed by atoms with E-state index in [0.717, 1.165) is 31.2 Å². The molecule has 7 nitrogen and oxygen atoms in total. The molecule has 1 aliphatic heterocycles. The molecule has 9 heteroatoms. The van der Waals surface area contributed by atoms with E-state index in [2.05, 4.69) is 5.10 Å². The van der Waals surface area contributed by atoms with Gasteiger partial charge in [0.25, 0.3) is 5.91 Å². The van der Waals surface area contributed by atoms with Crippen molar-refractivity contribution in [3.63, 3.8) is 0 Å². The number of sulfonamides is 1. The predicted octanol–water partition coefficient (Wildman–Crippen LogP) is 3.35. The van der Waals surface area contributed by atoms with Gasteiger partial charge in [-0.05, 0) is 68.0 Å². The Morgan fingerprint density at radius 1 is 0.971 bits per heavy atom. The van der Waals surface area contributed by atoms with Gasteiger partial charge in [-0.25, -0.2) is 17.5 Å². The van der Waals surface area contributed by atoms with Crippen LogP contribution in [0.3, 0.4) is 0 Å². The monoisotopic (exact) mass is 482 g/mol. The van der Waals surface area contributed by atoms with Gasteiger partial charge < -0.3 is 4.90 Å². The quantitative estimate of drug-likeness (QED) is 0.572. The normalized spacial score (nSPS) is 16.9. The van der Waals surface area contributed by atoms with Gasteiger partial charge >= 0.3 is 0 Å². The van der Waals surface area contributed by atoms with E-state index < -0.39 is 15.8 Å². The van der Waals surface area contributed by atoms with Crippen LogP contribution >= 0.6 is 0 Å². The number of piperazine rings is 1. The summed E-state index contributed by atoms with van der Waals surface area (Å²) in [4.78, 5) is 15.1. The van der Waals surface area contributed by atoms with Gasteiger partial charge in [-0.3, -0.25) is 4.79 Å². The van der Waals surface area contributed by atoms with Gasteiger partial charge in [-0.1, -0.05) is 18.2 Å². The van der Waals surface area contributed by atoms with E-state index >= 15 is 0 Å². The van der Waals surface area contributed by atoms with Crippen molar-refractivity contribution in [2.24, 2.45) is 0 Å². The Hall–Kier alpha value is -3.04. The van der Waals surface area contributed by atoms with Gasteiger partial charge in [0.15, 0.2) is 0 Å². The van der Waals surface area contributed by atoms with E-state index in [-0.39, 0.29) is 37.8 Å². The summed E-state index contributed by atoms with van der Waals surface area (Å²) in [6, 6.07) is 11.7. The third kappa shape index (κ3) is 4.03. The molecule has 1 amide bonds. The van der Waals surface area contributed by atoms with E-state index in [1.54, 1.807) is 36.1 Å². The average Bonchev–Trinajstić information content (AvgIpc) is 3.24. The number of benzene rings is 2. The molecule has 1 saturated heterocycles. The minimum Gasteiger partial charge on any atom is -0.336 e. The van der Waals surface area contributed by atoms with Crippen molar-refractivity contribution in [3.05, 3.63) is 76.9 Å². The van der Waals surface area contributed by atoms with Crippen LogP contribution in [0.5, 0.6) is 0 Å². The molecule has 2 heterocycles. The number of carbonyl (C=O) groups is 1. The fourth-order valence-corrected chi connectivity index (χ4v) is 6.28. The van der Waals surface area contributed by atoms with Crippen LogP contribution in [0.2, 0.25) is 0 Å². The van der Waals surface area contributed by atoms with Crippen molar-refractivity contribution in [1.82, 2.24) is 19.0 Å². The number of carbonyl (C=O) groups excluding carboxylic acids is 1. The summed E-state index contributed by atoms with van der Waals surface area (Å²) in [6.07, 6.45) is 5.60. The highest BCUT2D eigenvalue weighted by atomic mass is 32.2. The molecule has 1 aromatic heterocycles. The molecule has 5 rings (SSSR count). The molecule has 0 bridgehead atoms. The molecule has 2 aliphatic rings. The van der Waals surface area contributed by atoms with Crippen molar-refractivity contribution >= 4 is 15.9 Å². The third-order valence-corrected chi connectivity index (χ3v) is 8.70. The second-order valence-corrected chi connectivity index (χ2v) is 10.8. The number of hydrogen-bond acceptors (Lipinski definition) is 4. The lowest BCUT2D eigenvalue weighted by molar-refractivity contribution is 0.0697. The Morgan fingerprint density at radius 3 is 2.41 bits per heavy atom. The third-order valence-electron chi connectivity index (χ3n) is 6.80. The van der Waals surface area contributed by atoms with E-state index in [9.17, 15) is 17.6 Å². The maximum absolute atomic E-state index is 14.2. The molecule has 3 aromatic rings. The lowest BCUT2D eigenvalue weighted by Crippen LogP contribution is -2.50. The van der Waals surface area contributed by atoms with Crippen LogP contribution in [0.25, 0.3) is 5.69 Å². The largest absolute Gasteiger partial charge is 0.336 e. The summed E-state index contributed by atoms with van der Waals surface area (Å²) in [6.45, 7) is 2.75. The number of nitrogens with zero attached hydrogens (tertiary/aromatic N) is 4. The number of fused-ring (bicyclic) bond motifs is 1. The van der Waals surface area contributed by atoms with Gasteiger partial charge in [0, 0.05) is 26.2 Å². The minimum absolute atomic E-state index is 0.228. The summed E-state index contributed by atoms with van der Waals surface area (Å²) < 4.78 is 43.5. The fraction of sp³-hybridized carbons (Fsp3) is 0.360. The second kappa shape index (κ2) is 8.96. The van der Waals surface area contributed by atoms with Crippen LogP contribution in [-0.2, 0) is 22.9 Å². The first-order valence-corrected chi connectivity index (χ1v) is 13.0. The number of hydrogen-bond donors (Lipinski definition) is 0. The van der Waals surface area contributed by atoms with Crippen LogP contribution in [0.15, 0.2) is 53.6 Å². The lowest BCUT2D eigenvalue weighted by atomic mass is 9.92. The van der Waals surface area contributed by atoms with Crippen LogP contribution < -0.4 is 0 Å². The summed E-state index contributed by atoms with van der Waals surface area (Å²) in [5, 5.41) is 4.21. The lowest BCUT2D eigenvalue weighted by Gasteiger charge is -2.34. The maximum atomic E-state index is 14.2. The smallest absolute Gasteiger partial charge is 0.257 e. The van der Waals surface area contributed by atoms with Crippen molar-refractivity contribution < 1.29 is 17.6 Å². The number of amides is 1. The molecule has 0 radical (unpaired) electrons. The predicted molar refractivity (Wildman–Crippen MR) is 126 cm³/mol. The molecule has 2 aromatic carbocycles. The Balaban J connectivity index is 1.29. The van der Waals surface area contributed by atoms with Gasteiger partial charge in [0.05, 0.1) is 22.3 Å². The topological polar surface area (TPSA) is 75.5 Å². The van der Waals surface area contributed by atoms with Crippen molar-refractivity contribution in [2.45, 2.75) is 37.5 Å². The zero-order valence-electron chi connectivity index (χ0n) is 19.1. The molecule has 1 aliphatic carbocycles. The summed E-state index contributed by atoms with van der Waals surface area (Å²) in [7, 11) is -3.62. The molecular formula is C25H27FN4O3S. The molecule has 0 N–H and O–H groups in total. The maximum Gasteiger partial charge on any atom is 0.257 e. The van der Waals surface area contributed by atoms with Gasteiger partial charge in [-0.2, -0.15) is 9.40 Å². The Bertz CT molecular complexity index is 1340. The molecule has 0 spiro atoms. The van der Waals surface area contributed by atoms with Crippen LogP contribution in [0.1, 0.15) is 40.0 Å². The van der Waals surface area contributed by atoms with Crippen LogP contribution in [0.4, 0.5) is 4.39 Å². The number of aromatic nitrogens is 2. The molecule has 178 valence electrons. The van der Waals surface area contributed by atoms with E-state index in [1.165, 1.54) is 26.8 Å². The summed E-state index contributed by atoms with van der Waals surface area (Å²) in [5.41, 5.74) is 3.57. The van der Waals surface area contributed by atoms with Crippen LogP contribution in [-0.4, -0.2) is 59.5 Å². The Morgan fingerprint density at radius 2 is 1.68 bits per heavy atom. The average molecular weight is 483 g/mol. The summed E-state index contributed by atoms with van der Waals surface area (Å²) >= 11 is 0. The highest BCUT2D eigenvalue weighted by molar-refractivity contribution is 7.89. The highest BCUT2D eigenvalue weighted by Gasteiger charge is 2.32.